The standard InChI is InChI=1S/C21H29N5O2/c1-3-22-19-14-20(24-15-23-19)26-11-9-16(10-12-26)7-8-21(27)25-17-5-4-6-18(13-17)28-2/h4-6,13-16H,3,7-12H2,1-2H3,(H,25,27)(H,22,23,24). The zero-order valence-electron chi connectivity index (χ0n) is 16.6. The SMILES string of the molecule is CCNc1cc(N2CCC(CCC(=O)Nc3cccc(OC)c3)CC2)ncn1. The van der Waals surface area contributed by atoms with Crippen LogP contribution in [0.5, 0.6) is 5.75 Å². The molecule has 7 heteroatoms. The first kappa shape index (κ1) is 19.9. The van der Waals surface area contributed by atoms with E-state index in [1.807, 2.05) is 30.3 Å². The van der Waals surface area contributed by atoms with E-state index in [2.05, 4.69) is 32.4 Å². The van der Waals surface area contributed by atoms with Crippen LogP contribution in [0.1, 0.15) is 32.6 Å². The average Bonchev–Trinajstić information content (AvgIpc) is 2.73. The summed E-state index contributed by atoms with van der Waals surface area (Å²) in [5, 5.41) is 6.18. The van der Waals surface area contributed by atoms with Crippen LogP contribution in [0.25, 0.3) is 0 Å². The molecule has 0 spiro atoms. The van der Waals surface area contributed by atoms with Gasteiger partial charge in [-0.3, -0.25) is 4.79 Å². The summed E-state index contributed by atoms with van der Waals surface area (Å²) >= 11 is 0. The highest BCUT2D eigenvalue weighted by atomic mass is 16.5. The second-order valence-corrected chi connectivity index (χ2v) is 7.04. The Morgan fingerprint density at radius 2 is 2.07 bits per heavy atom. The van der Waals surface area contributed by atoms with Crippen LogP contribution >= 0.6 is 0 Å². The van der Waals surface area contributed by atoms with Gasteiger partial charge in [0.2, 0.25) is 5.91 Å². The van der Waals surface area contributed by atoms with Crippen LogP contribution < -0.4 is 20.3 Å². The van der Waals surface area contributed by atoms with E-state index < -0.39 is 0 Å². The lowest BCUT2D eigenvalue weighted by molar-refractivity contribution is -0.116. The number of hydrogen-bond acceptors (Lipinski definition) is 6. The minimum atomic E-state index is 0.0572. The highest BCUT2D eigenvalue weighted by molar-refractivity contribution is 5.90. The van der Waals surface area contributed by atoms with Crippen molar-refractivity contribution in [2.45, 2.75) is 32.6 Å². The van der Waals surface area contributed by atoms with Crippen molar-refractivity contribution >= 4 is 23.2 Å². The van der Waals surface area contributed by atoms with E-state index in [1.54, 1.807) is 13.4 Å². The molecule has 0 unspecified atom stereocenters. The molecule has 7 nitrogen and oxygen atoms in total. The summed E-state index contributed by atoms with van der Waals surface area (Å²) in [6, 6.07) is 9.45. The van der Waals surface area contributed by atoms with Crippen molar-refractivity contribution in [2.75, 3.05) is 42.3 Å². The molecule has 0 bridgehead atoms. The fourth-order valence-corrected chi connectivity index (χ4v) is 3.51. The van der Waals surface area contributed by atoms with Gasteiger partial charge in [-0.2, -0.15) is 0 Å². The van der Waals surface area contributed by atoms with Gasteiger partial charge in [-0.05, 0) is 44.2 Å². The fourth-order valence-electron chi connectivity index (χ4n) is 3.51. The summed E-state index contributed by atoms with van der Waals surface area (Å²) in [6.45, 7) is 4.82. The van der Waals surface area contributed by atoms with Crippen molar-refractivity contribution in [3.8, 4) is 5.75 Å². The van der Waals surface area contributed by atoms with Gasteiger partial charge < -0.3 is 20.3 Å². The van der Waals surface area contributed by atoms with Crippen molar-refractivity contribution in [3.05, 3.63) is 36.7 Å². The summed E-state index contributed by atoms with van der Waals surface area (Å²) in [4.78, 5) is 23.2. The molecule has 1 aliphatic rings. The lowest BCUT2D eigenvalue weighted by atomic mass is 9.92. The number of aromatic nitrogens is 2. The van der Waals surface area contributed by atoms with Crippen molar-refractivity contribution in [1.82, 2.24) is 9.97 Å². The smallest absolute Gasteiger partial charge is 0.224 e. The monoisotopic (exact) mass is 383 g/mol. The third kappa shape index (κ3) is 5.58. The largest absolute Gasteiger partial charge is 0.497 e. The van der Waals surface area contributed by atoms with Crippen molar-refractivity contribution in [2.24, 2.45) is 5.92 Å². The van der Waals surface area contributed by atoms with E-state index in [1.165, 1.54) is 0 Å². The van der Waals surface area contributed by atoms with E-state index in [0.717, 1.165) is 62.0 Å². The van der Waals surface area contributed by atoms with Crippen molar-refractivity contribution in [1.29, 1.82) is 0 Å². The van der Waals surface area contributed by atoms with Crippen LogP contribution in [0, 0.1) is 5.92 Å². The van der Waals surface area contributed by atoms with Gasteiger partial charge in [0.25, 0.3) is 0 Å². The first-order valence-electron chi connectivity index (χ1n) is 9.92. The lowest BCUT2D eigenvalue weighted by Gasteiger charge is -2.32. The maximum Gasteiger partial charge on any atom is 0.224 e. The summed E-state index contributed by atoms with van der Waals surface area (Å²) in [7, 11) is 1.62. The summed E-state index contributed by atoms with van der Waals surface area (Å²) in [5.74, 6) is 3.21. The van der Waals surface area contributed by atoms with Gasteiger partial charge in [0, 0.05) is 43.9 Å². The van der Waals surface area contributed by atoms with Crippen LogP contribution in [0.4, 0.5) is 17.3 Å². The molecular weight excluding hydrogens is 354 g/mol. The second-order valence-electron chi connectivity index (χ2n) is 7.04. The molecule has 1 saturated heterocycles. The zero-order chi connectivity index (χ0) is 19.8. The molecule has 3 rings (SSSR count). The van der Waals surface area contributed by atoms with Crippen LogP contribution in [-0.2, 0) is 4.79 Å². The van der Waals surface area contributed by atoms with Gasteiger partial charge in [-0.15, -0.1) is 0 Å². The summed E-state index contributed by atoms with van der Waals surface area (Å²) in [6.07, 6.45) is 5.22. The predicted octanol–water partition coefficient (Wildman–Crippen LogP) is 3.55. The van der Waals surface area contributed by atoms with Crippen molar-refractivity contribution in [3.63, 3.8) is 0 Å². The Kier molecular flexibility index (Phi) is 7.06. The molecule has 150 valence electrons. The number of benzene rings is 1. The van der Waals surface area contributed by atoms with Crippen molar-refractivity contribution < 1.29 is 9.53 Å². The minimum Gasteiger partial charge on any atom is -0.497 e. The molecule has 1 amide bonds. The topological polar surface area (TPSA) is 79.4 Å². The van der Waals surface area contributed by atoms with Gasteiger partial charge in [-0.1, -0.05) is 6.07 Å². The van der Waals surface area contributed by atoms with Crippen LogP contribution in [-0.4, -0.2) is 42.6 Å². The van der Waals surface area contributed by atoms with Gasteiger partial charge in [-0.25, -0.2) is 9.97 Å². The van der Waals surface area contributed by atoms with E-state index in [9.17, 15) is 4.79 Å². The highest BCUT2D eigenvalue weighted by Crippen LogP contribution is 2.26. The number of piperidine rings is 1. The van der Waals surface area contributed by atoms with Crippen LogP contribution in [0.3, 0.4) is 0 Å². The zero-order valence-corrected chi connectivity index (χ0v) is 16.6. The van der Waals surface area contributed by atoms with Crippen LogP contribution in [0.2, 0.25) is 0 Å². The molecule has 0 saturated carbocycles. The molecule has 2 heterocycles. The number of amides is 1. The Hall–Kier alpha value is -2.83. The molecule has 1 aliphatic heterocycles. The van der Waals surface area contributed by atoms with E-state index in [-0.39, 0.29) is 5.91 Å². The number of carbonyl (C=O) groups excluding carboxylic acids is 1. The maximum atomic E-state index is 12.3. The van der Waals surface area contributed by atoms with Gasteiger partial charge in [0.05, 0.1) is 7.11 Å². The summed E-state index contributed by atoms with van der Waals surface area (Å²) in [5.41, 5.74) is 0.777. The molecular formula is C21H29N5O2. The number of nitrogens with zero attached hydrogens (tertiary/aromatic N) is 3. The van der Waals surface area contributed by atoms with E-state index in [0.29, 0.717) is 12.3 Å². The number of nitrogens with one attached hydrogen (secondary N) is 2. The highest BCUT2D eigenvalue weighted by Gasteiger charge is 2.21. The number of hydrogen-bond donors (Lipinski definition) is 2. The Morgan fingerprint density at radius 3 is 2.82 bits per heavy atom. The second kappa shape index (κ2) is 9.92. The molecule has 1 fully saturated rings. The average molecular weight is 383 g/mol. The van der Waals surface area contributed by atoms with E-state index >= 15 is 0 Å². The molecule has 2 N–H and O–H groups in total. The first-order chi connectivity index (χ1) is 13.7. The Morgan fingerprint density at radius 1 is 1.25 bits per heavy atom. The number of methoxy groups -OCH3 is 1. The first-order valence-corrected chi connectivity index (χ1v) is 9.92. The fraction of sp³-hybridized carbons (Fsp3) is 0.476. The predicted molar refractivity (Wildman–Crippen MR) is 112 cm³/mol. The number of ether oxygens (including phenoxy) is 1. The Bertz CT molecular complexity index is 775. The van der Waals surface area contributed by atoms with Gasteiger partial charge >= 0.3 is 0 Å². The molecule has 0 aliphatic carbocycles. The normalized spacial score (nSPS) is 14.6. The Labute approximate surface area is 166 Å². The molecule has 1 aromatic carbocycles. The number of anilines is 3. The summed E-state index contributed by atoms with van der Waals surface area (Å²) < 4.78 is 5.19. The molecule has 1 aromatic heterocycles. The number of rotatable bonds is 8. The van der Waals surface area contributed by atoms with Gasteiger partial charge in [0.15, 0.2) is 0 Å². The van der Waals surface area contributed by atoms with Gasteiger partial charge in [0.1, 0.15) is 23.7 Å². The number of carbonyl (C=O) groups is 1. The molecule has 28 heavy (non-hydrogen) atoms. The quantitative estimate of drug-likeness (QED) is 0.726. The third-order valence-electron chi connectivity index (χ3n) is 5.08. The Balaban J connectivity index is 1.43. The van der Waals surface area contributed by atoms with E-state index in [4.69, 9.17) is 4.74 Å². The molecule has 2 aromatic rings. The third-order valence-corrected chi connectivity index (χ3v) is 5.08. The van der Waals surface area contributed by atoms with Crippen LogP contribution in [0.15, 0.2) is 36.7 Å². The maximum absolute atomic E-state index is 12.3. The minimum absolute atomic E-state index is 0.0572. The lowest BCUT2D eigenvalue weighted by Crippen LogP contribution is -2.34. The molecule has 0 radical (unpaired) electrons. The molecule has 0 atom stereocenters.